The Labute approximate surface area is 81.6 Å². The number of carbonyl (C=O) groups excluding carboxylic acids is 1. The molecule has 74 valence electrons. The van der Waals surface area contributed by atoms with Crippen molar-refractivity contribution in [1.29, 1.82) is 0 Å². The SMILES string of the molecule is O=CN[C@H](Cc1ccccc1)C(=O)O. The van der Waals surface area contributed by atoms with E-state index in [1.165, 1.54) is 0 Å². The third kappa shape index (κ3) is 2.90. The van der Waals surface area contributed by atoms with Crippen LogP contribution < -0.4 is 5.32 Å². The first-order valence-electron chi connectivity index (χ1n) is 4.20. The minimum atomic E-state index is -1.03. The molecule has 2 N–H and O–H groups in total. The Kier molecular flexibility index (Phi) is 3.67. The molecule has 0 aromatic heterocycles. The van der Waals surface area contributed by atoms with E-state index < -0.39 is 12.0 Å². The molecular formula is C10H11NO3. The second-order valence-corrected chi connectivity index (χ2v) is 2.87. The summed E-state index contributed by atoms with van der Waals surface area (Å²) in [5.74, 6) is -1.03. The van der Waals surface area contributed by atoms with E-state index in [1.54, 1.807) is 0 Å². The normalized spacial score (nSPS) is 11.7. The minimum Gasteiger partial charge on any atom is -0.480 e. The van der Waals surface area contributed by atoms with E-state index in [0.29, 0.717) is 12.8 Å². The Morgan fingerprint density at radius 2 is 2.07 bits per heavy atom. The molecule has 1 rings (SSSR count). The van der Waals surface area contributed by atoms with Crippen molar-refractivity contribution in [2.24, 2.45) is 0 Å². The van der Waals surface area contributed by atoms with Crippen molar-refractivity contribution in [3.05, 3.63) is 35.9 Å². The van der Waals surface area contributed by atoms with Crippen LogP contribution in [0, 0.1) is 0 Å². The quantitative estimate of drug-likeness (QED) is 0.666. The molecule has 1 aromatic carbocycles. The number of hydrogen-bond acceptors (Lipinski definition) is 2. The monoisotopic (exact) mass is 193 g/mol. The van der Waals surface area contributed by atoms with Crippen LogP contribution in [0.4, 0.5) is 0 Å². The van der Waals surface area contributed by atoms with E-state index >= 15 is 0 Å². The van der Waals surface area contributed by atoms with Crippen molar-refractivity contribution in [3.63, 3.8) is 0 Å². The lowest BCUT2D eigenvalue weighted by Gasteiger charge is -2.10. The zero-order valence-electron chi connectivity index (χ0n) is 7.51. The van der Waals surface area contributed by atoms with Gasteiger partial charge in [-0.3, -0.25) is 4.79 Å². The maximum atomic E-state index is 10.7. The summed E-state index contributed by atoms with van der Waals surface area (Å²) in [6.07, 6.45) is 0.705. The van der Waals surface area contributed by atoms with Gasteiger partial charge in [-0.15, -0.1) is 0 Å². The number of hydrogen-bond donors (Lipinski definition) is 2. The fraction of sp³-hybridized carbons (Fsp3) is 0.200. The van der Waals surface area contributed by atoms with E-state index in [1.807, 2.05) is 30.3 Å². The first-order valence-corrected chi connectivity index (χ1v) is 4.20. The molecule has 0 fully saturated rings. The molecule has 0 radical (unpaired) electrons. The van der Waals surface area contributed by atoms with E-state index in [2.05, 4.69) is 5.32 Å². The van der Waals surface area contributed by atoms with Crippen molar-refractivity contribution >= 4 is 12.4 Å². The van der Waals surface area contributed by atoms with Crippen LogP contribution in [0.2, 0.25) is 0 Å². The number of carbonyl (C=O) groups is 2. The van der Waals surface area contributed by atoms with Gasteiger partial charge in [0.1, 0.15) is 6.04 Å². The molecule has 0 heterocycles. The molecule has 1 amide bonds. The summed E-state index contributed by atoms with van der Waals surface area (Å²) in [5.41, 5.74) is 0.884. The Balaban J connectivity index is 2.64. The van der Waals surface area contributed by atoms with E-state index in [-0.39, 0.29) is 0 Å². The van der Waals surface area contributed by atoms with Crippen LogP contribution in [-0.2, 0) is 16.0 Å². The van der Waals surface area contributed by atoms with Gasteiger partial charge in [-0.25, -0.2) is 4.79 Å². The van der Waals surface area contributed by atoms with Gasteiger partial charge in [-0.05, 0) is 5.56 Å². The number of rotatable bonds is 5. The van der Waals surface area contributed by atoms with Crippen LogP contribution >= 0.6 is 0 Å². The standard InChI is InChI=1S/C10H11NO3/c12-7-11-9(10(13)14)6-8-4-2-1-3-5-8/h1-5,7,9H,6H2,(H,11,12)(H,13,14)/t9-/m1/s1. The van der Waals surface area contributed by atoms with Gasteiger partial charge in [0.2, 0.25) is 6.41 Å². The van der Waals surface area contributed by atoms with Crippen LogP contribution in [0.25, 0.3) is 0 Å². The molecule has 0 bridgehead atoms. The van der Waals surface area contributed by atoms with E-state index in [9.17, 15) is 9.59 Å². The minimum absolute atomic E-state index is 0.301. The molecule has 0 unspecified atom stereocenters. The highest BCUT2D eigenvalue weighted by Gasteiger charge is 2.15. The Hall–Kier alpha value is -1.84. The largest absolute Gasteiger partial charge is 0.480 e. The lowest BCUT2D eigenvalue weighted by atomic mass is 10.1. The summed E-state index contributed by atoms with van der Waals surface area (Å²) in [4.78, 5) is 20.8. The van der Waals surface area contributed by atoms with Crippen molar-refractivity contribution in [3.8, 4) is 0 Å². The third-order valence-electron chi connectivity index (χ3n) is 1.85. The van der Waals surface area contributed by atoms with Gasteiger partial charge in [-0.1, -0.05) is 30.3 Å². The molecule has 0 aliphatic carbocycles. The van der Waals surface area contributed by atoms with Crippen molar-refractivity contribution in [2.45, 2.75) is 12.5 Å². The van der Waals surface area contributed by atoms with Gasteiger partial charge in [0.15, 0.2) is 0 Å². The van der Waals surface area contributed by atoms with E-state index in [0.717, 1.165) is 5.56 Å². The summed E-state index contributed by atoms with van der Waals surface area (Å²) in [5, 5.41) is 11.0. The van der Waals surface area contributed by atoms with Gasteiger partial charge in [0.25, 0.3) is 0 Å². The lowest BCUT2D eigenvalue weighted by molar-refractivity contribution is -0.140. The smallest absolute Gasteiger partial charge is 0.326 e. The predicted molar refractivity (Wildman–Crippen MR) is 50.8 cm³/mol. The molecule has 0 saturated carbocycles. The number of carboxylic acids is 1. The fourth-order valence-corrected chi connectivity index (χ4v) is 1.15. The molecule has 0 aliphatic rings. The highest BCUT2D eigenvalue weighted by atomic mass is 16.4. The second kappa shape index (κ2) is 5.01. The molecule has 0 aliphatic heterocycles. The molecule has 1 aromatic rings. The Morgan fingerprint density at radius 1 is 1.43 bits per heavy atom. The van der Waals surface area contributed by atoms with Crippen molar-refractivity contribution in [1.82, 2.24) is 5.32 Å². The zero-order valence-corrected chi connectivity index (χ0v) is 7.51. The molecular weight excluding hydrogens is 182 g/mol. The lowest BCUT2D eigenvalue weighted by Crippen LogP contribution is -2.37. The van der Waals surface area contributed by atoms with Gasteiger partial charge < -0.3 is 10.4 Å². The molecule has 0 saturated heterocycles. The van der Waals surface area contributed by atoms with Crippen molar-refractivity contribution < 1.29 is 14.7 Å². The van der Waals surface area contributed by atoms with Crippen molar-refractivity contribution in [2.75, 3.05) is 0 Å². The number of amides is 1. The van der Waals surface area contributed by atoms with Crippen LogP contribution in [-0.4, -0.2) is 23.5 Å². The second-order valence-electron chi connectivity index (χ2n) is 2.87. The zero-order chi connectivity index (χ0) is 10.4. The average molecular weight is 193 g/mol. The summed E-state index contributed by atoms with van der Waals surface area (Å²) < 4.78 is 0. The topological polar surface area (TPSA) is 66.4 Å². The molecule has 14 heavy (non-hydrogen) atoms. The van der Waals surface area contributed by atoms with Crippen LogP contribution in [0.1, 0.15) is 5.56 Å². The molecule has 0 spiro atoms. The molecule has 4 nitrogen and oxygen atoms in total. The first kappa shape index (κ1) is 10.2. The number of benzene rings is 1. The fourth-order valence-electron chi connectivity index (χ4n) is 1.15. The third-order valence-corrected chi connectivity index (χ3v) is 1.85. The highest BCUT2D eigenvalue weighted by molar-refractivity contribution is 5.76. The van der Waals surface area contributed by atoms with Gasteiger partial charge in [0.05, 0.1) is 0 Å². The first-order chi connectivity index (χ1) is 6.74. The summed E-state index contributed by atoms with van der Waals surface area (Å²) >= 11 is 0. The predicted octanol–water partition coefficient (Wildman–Crippen LogP) is 0.428. The Morgan fingerprint density at radius 3 is 2.57 bits per heavy atom. The Bertz CT molecular complexity index is 310. The maximum Gasteiger partial charge on any atom is 0.326 e. The average Bonchev–Trinajstić information content (AvgIpc) is 2.18. The van der Waals surface area contributed by atoms with Gasteiger partial charge in [-0.2, -0.15) is 0 Å². The molecule has 1 atom stereocenters. The number of carboxylic acid groups (broad SMARTS) is 1. The van der Waals surface area contributed by atoms with Crippen LogP contribution in [0.15, 0.2) is 30.3 Å². The van der Waals surface area contributed by atoms with Gasteiger partial charge >= 0.3 is 5.97 Å². The number of nitrogens with one attached hydrogen (secondary N) is 1. The summed E-state index contributed by atoms with van der Waals surface area (Å²) in [6.45, 7) is 0. The summed E-state index contributed by atoms with van der Waals surface area (Å²) in [6, 6.07) is 8.30. The van der Waals surface area contributed by atoms with Crippen LogP contribution in [0.3, 0.4) is 0 Å². The molecule has 4 heteroatoms. The van der Waals surface area contributed by atoms with E-state index in [4.69, 9.17) is 5.11 Å². The summed E-state index contributed by atoms with van der Waals surface area (Å²) in [7, 11) is 0. The van der Waals surface area contributed by atoms with Gasteiger partial charge in [0, 0.05) is 6.42 Å². The van der Waals surface area contributed by atoms with Crippen LogP contribution in [0.5, 0.6) is 0 Å². The number of aliphatic carboxylic acids is 1. The maximum absolute atomic E-state index is 10.7. The highest BCUT2D eigenvalue weighted by Crippen LogP contribution is 2.02.